The van der Waals surface area contributed by atoms with Crippen LogP contribution in [-0.2, 0) is 9.05 Å². The van der Waals surface area contributed by atoms with Gasteiger partial charge in [0.1, 0.15) is 0 Å². The Morgan fingerprint density at radius 1 is 1.50 bits per heavy atom. The average Bonchev–Trinajstić information content (AvgIpc) is 2.19. The third-order valence-electron chi connectivity index (χ3n) is 0.711. The number of hydrogen-bond acceptors (Lipinski definition) is 3. The Bertz CT molecular complexity index is 62.3. The first-order chi connectivity index (χ1) is 3.93. The van der Waals surface area contributed by atoms with Gasteiger partial charge in [0.05, 0.1) is 0 Å². The zero-order valence-corrected chi connectivity index (χ0v) is 7.35. The monoisotopic (exact) mass is 226 g/mol. The minimum atomic E-state index is -1.96. The fourth-order valence-corrected chi connectivity index (χ4v) is 2.96. The van der Waals surface area contributed by atoms with E-state index < -0.39 is 21.5 Å². The van der Waals surface area contributed by atoms with Gasteiger partial charge in [-0.2, -0.15) is 0 Å². The number of rotatable bonds is 2. The SMILES string of the molecule is CC[O][Sb]1[O]CC[O]1. The zero-order valence-electron chi connectivity index (χ0n) is 4.79. The molecule has 0 saturated carbocycles. The van der Waals surface area contributed by atoms with E-state index in [9.17, 15) is 0 Å². The molecule has 4 heteroatoms. The molecule has 0 aromatic rings. The summed E-state index contributed by atoms with van der Waals surface area (Å²) in [5.41, 5.74) is 0. The average molecular weight is 227 g/mol. The minimum absolute atomic E-state index is 0.725. The Hall–Kier alpha value is 0.698. The molecule has 0 bridgehead atoms. The molecule has 3 nitrogen and oxygen atoms in total. The van der Waals surface area contributed by atoms with Crippen molar-refractivity contribution in [2.24, 2.45) is 0 Å². The molecule has 8 heavy (non-hydrogen) atoms. The fraction of sp³-hybridized carbons (Fsp3) is 1.00. The molecule has 1 saturated heterocycles. The van der Waals surface area contributed by atoms with Gasteiger partial charge in [-0.25, -0.2) is 0 Å². The summed E-state index contributed by atoms with van der Waals surface area (Å²) in [6.07, 6.45) is 0. The van der Waals surface area contributed by atoms with Gasteiger partial charge in [0.15, 0.2) is 0 Å². The molecule has 1 heterocycles. The molecule has 48 valence electrons. The Balaban J connectivity index is 2.06. The maximum atomic E-state index is 5.14. The van der Waals surface area contributed by atoms with Crippen molar-refractivity contribution in [2.75, 3.05) is 19.8 Å². The van der Waals surface area contributed by atoms with Crippen LogP contribution in [-0.4, -0.2) is 41.3 Å². The van der Waals surface area contributed by atoms with E-state index in [2.05, 4.69) is 0 Å². The first-order valence-corrected chi connectivity index (χ1v) is 5.75. The molecule has 0 unspecified atom stereocenters. The van der Waals surface area contributed by atoms with Crippen molar-refractivity contribution in [3.63, 3.8) is 0 Å². The van der Waals surface area contributed by atoms with Crippen LogP contribution in [0.4, 0.5) is 0 Å². The summed E-state index contributed by atoms with van der Waals surface area (Å²) in [6, 6.07) is 0. The van der Waals surface area contributed by atoms with Gasteiger partial charge < -0.3 is 0 Å². The zero-order chi connectivity index (χ0) is 5.82. The van der Waals surface area contributed by atoms with Crippen molar-refractivity contribution >= 4 is 21.5 Å². The van der Waals surface area contributed by atoms with E-state index in [0.717, 1.165) is 19.8 Å². The van der Waals surface area contributed by atoms with Crippen LogP contribution in [0.1, 0.15) is 6.92 Å². The van der Waals surface area contributed by atoms with E-state index in [1.165, 1.54) is 0 Å². The molecule has 1 fully saturated rings. The van der Waals surface area contributed by atoms with Crippen LogP contribution in [0.5, 0.6) is 0 Å². The second-order valence-electron chi connectivity index (χ2n) is 1.31. The van der Waals surface area contributed by atoms with Crippen LogP contribution in [0, 0.1) is 0 Å². The van der Waals surface area contributed by atoms with Gasteiger partial charge in [0.2, 0.25) is 0 Å². The van der Waals surface area contributed by atoms with Crippen molar-refractivity contribution in [3.05, 3.63) is 0 Å². The third kappa shape index (κ3) is 1.90. The second kappa shape index (κ2) is 3.67. The Labute approximate surface area is 57.6 Å². The van der Waals surface area contributed by atoms with Crippen LogP contribution in [0.3, 0.4) is 0 Å². The van der Waals surface area contributed by atoms with E-state index in [4.69, 9.17) is 9.05 Å². The van der Waals surface area contributed by atoms with Crippen molar-refractivity contribution in [2.45, 2.75) is 6.92 Å². The second-order valence-corrected chi connectivity index (χ2v) is 4.79. The van der Waals surface area contributed by atoms with Crippen LogP contribution in [0.25, 0.3) is 0 Å². The van der Waals surface area contributed by atoms with Crippen LogP contribution < -0.4 is 0 Å². The van der Waals surface area contributed by atoms with Gasteiger partial charge in [-0.05, 0) is 0 Å². The summed E-state index contributed by atoms with van der Waals surface area (Å²) in [4.78, 5) is 0. The molecule has 1 aliphatic rings. The van der Waals surface area contributed by atoms with Gasteiger partial charge in [-0.3, -0.25) is 0 Å². The molecule has 0 aliphatic carbocycles. The molecule has 0 radical (unpaired) electrons. The van der Waals surface area contributed by atoms with Gasteiger partial charge in [-0.1, -0.05) is 0 Å². The predicted molar refractivity (Wildman–Crippen MR) is 29.3 cm³/mol. The predicted octanol–water partition coefficient (Wildman–Crippen LogP) is 0.0546. The van der Waals surface area contributed by atoms with E-state index in [-0.39, 0.29) is 0 Å². The summed E-state index contributed by atoms with van der Waals surface area (Å²) < 4.78 is 15.4. The molecule has 0 N–H and O–H groups in total. The number of hydrogen-bond donors (Lipinski definition) is 0. The van der Waals surface area contributed by atoms with E-state index >= 15 is 0 Å². The van der Waals surface area contributed by atoms with Crippen molar-refractivity contribution in [1.82, 2.24) is 0 Å². The van der Waals surface area contributed by atoms with E-state index in [1.807, 2.05) is 6.92 Å². The summed E-state index contributed by atoms with van der Waals surface area (Å²) in [6.45, 7) is 4.16. The molecule has 0 aromatic heterocycles. The maximum absolute atomic E-state index is 5.14. The normalized spacial score (nSPS) is 22.1. The van der Waals surface area contributed by atoms with Gasteiger partial charge in [0, 0.05) is 0 Å². The quantitative estimate of drug-likeness (QED) is 0.624. The Kier molecular flexibility index (Phi) is 3.13. The molecule has 0 spiro atoms. The van der Waals surface area contributed by atoms with E-state index in [0.29, 0.717) is 0 Å². The van der Waals surface area contributed by atoms with Crippen LogP contribution in [0.15, 0.2) is 0 Å². The molecule has 0 atom stereocenters. The summed E-state index contributed by atoms with van der Waals surface area (Å²) >= 11 is -1.96. The van der Waals surface area contributed by atoms with Crippen molar-refractivity contribution in [1.29, 1.82) is 0 Å². The third-order valence-corrected chi connectivity index (χ3v) is 4.30. The van der Waals surface area contributed by atoms with Crippen molar-refractivity contribution < 1.29 is 9.05 Å². The summed E-state index contributed by atoms with van der Waals surface area (Å²) in [5.74, 6) is 0. The van der Waals surface area contributed by atoms with Gasteiger partial charge in [0.25, 0.3) is 0 Å². The Morgan fingerprint density at radius 3 is 2.62 bits per heavy atom. The molecular formula is C4H9O3Sb. The first kappa shape index (κ1) is 6.81. The molecular weight excluding hydrogens is 218 g/mol. The first-order valence-electron chi connectivity index (χ1n) is 2.62. The molecule has 0 amide bonds. The van der Waals surface area contributed by atoms with Crippen molar-refractivity contribution in [3.8, 4) is 0 Å². The summed E-state index contributed by atoms with van der Waals surface area (Å²) in [5, 5.41) is 0. The molecule has 1 rings (SSSR count). The molecule has 1 aliphatic heterocycles. The van der Waals surface area contributed by atoms with Crippen LogP contribution in [0.2, 0.25) is 0 Å². The van der Waals surface area contributed by atoms with Crippen LogP contribution >= 0.6 is 0 Å². The fourth-order valence-electron chi connectivity index (χ4n) is 0.441. The molecule has 0 aromatic carbocycles. The van der Waals surface area contributed by atoms with Gasteiger partial charge in [-0.15, -0.1) is 0 Å². The Morgan fingerprint density at radius 2 is 2.12 bits per heavy atom. The standard InChI is InChI=1S/C2H4O2.C2H5O.Sb/c3-1-2-4;1-2-3;/h1-2H2;2H2,1H3;/q-2;-1;+3. The van der Waals surface area contributed by atoms with E-state index in [1.54, 1.807) is 0 Å². The van der Waals surface area contributed by atoms with Gasteiger partial charge >= 0.3 is 57.3 Å². The topological polar surface area (TPSA) is 27.7 Å². The summed E-state index contributed by atoms with van der Waals surface area (Å²) in [7, 11) is 0.